The summed E-state index contributed by atoms with van der Waals surface area (Å²) in [5.74, 6) is 1.81. The van der Waals surface area contributed by atoms with Gasteiger partial charge in [0.1, 0.15) is 11.6 Å². The largest absolute Gasteiger partial charge is 0.369 e. The van der Waals surface area contributed by atoms with Gasteiger partial charge in [0, 0.05) is 18.8 Å². The third-order valence-electron chi connectivity index (χ3n) is 4.51. The third-order valence-corrected chi connectivity index (χ3v) is 5.57. The van der Waals surface area contributed by atoms with Crippen molar-refractivity contribution >= 4 is 34.5 Å². The van der Waals surface area contributed by atoms with Crippen LogP contribution < -0.4 is 10.6 Å². The minimum Gasteiger partial charge on any atom is -0.369 e. The van der Waals surface area contributed by atoms with E-state index in [9.17, 15) is 9.18 Å². The number of hydrogen-bond acceptors (Lipinski definition) is 6. The molecule has 2 aromatic heterocycles. The Morgan fingerprint density at radius 3 is 2.71 bits per heavy atom. The van der Waals surface area contributed by atoms with Crippen molar-refractivity contribution in [2.45, 2.75) is 45.3 Å². The standard InChI is InChI=1S/C22H29FN6OS/c1-4-11-31-22-27-20(25-13-15(2)3)18-14-26-29(21(18)28-22)10-9-24-19(30)12-16-5-7-17(23)8-6-16/h5-8,14-15H,4,9-13H2,1-3H3,(H,24,30)(H,25,27,28). The third kappa shape index (κ3) is 6.65. The molecule has 0 saturated heterocycles. The summed E-state index contributed by atoms with van der Waals surface area (Å²) in [7, 11) is 0. The van der Waals surface area contributed by atoms with Crippen LogP contribution in [0.4, 0.5) is 10.2 Å². The number of anilines is 1. The number of carbonyl (C=O) groups excluding carboxylic acids is 1. The number of amides is 1. The SMILES string of the molecule is CCCSc1nc(NCC(C)C)c2cnn(CCNC(=O)Cc3ccc(F)cc3)c2n1. The molecular weight excluding hydrogens is 415 g/mol. The fraction of sp³-hybridized carbons (Fsp3) is 0.455. The van der Waals surface area contributed by atoms with E-state index in [2.05, 4.69) is 41.5 Å². The Morgan fingerprint density at radius 2 is 2.00 bits per heavy atom. The second kappa shape index (κ2) is 11.1. The first kappa shape index (κ1) is 23.0. The highest BCUT2D eigenvalue weighted by Gasteiger charge is 2.14. The molecule has 1 amide bonds. The summed E-state index contributed by atoms with van der Waals surface area (Å²) in [6, 6.07) is 5.95. The van der Waals surface area contributed by atoms with Crippen LogP contribution in [0, 0.1) is 11.7 Å². The first-order valence-corrected chi connectivity index (χ1v) is 11.6. The lowest BCUT2D eigenvalue weighted by molar-refractivity contribution is -0.120. The summed E-state index contributed by atoms with van der Waals surface area (Å²) in [5.41, 5.74) is 1.53. The molecule has 0 spiro atoms. The molecule has 0 fully saturated rings. The van der Waals surface area contributed by atoms with E-state index in [0.717, 1.165) is 46.3 Å². The number of benzene rings is 1. The number of thioether (sulfide) groups is 1. The number of halogens is 1. The van der Waals surface area contributed by atoms with Crippen LogP contribution >= 0.6 is 11.8 Å². The molecule has 2 heterocycles. The number of hydrogen-bond donors (Lipinski definition) is 2. The van der Waals surface area contributed by atoms with E-state index in [0.29, 0.717) is 19.0 Å². The Morgan fingerprint density at radius 1 is 1.23 bits per heavy atom. The zero-order chi connectivity index (χ0) is 22.2. The molecule has 0 aliphatic heterocycles. The second-order valence-corrected chi connectivity index (χ2v) is 8.80. The van der Waals surface area contributed by atoms with Gasteiger partial charge in [0.15, 0.2) is 10.8 Å². The number of rotatable bonds is 11. The maximum Gasteiger partial charge on any atom is 0.224 e. The summed E-state index contributed by atoms with van der Waals surface area (Å²) >= 11 is 1.63. The van der Waals surface area contributed by atoms with Crippen molar-refractivity contribution in [3.05, 3.63) is 41.8 Å². The first-order valence-electron chi connectivity index (χ1n) is 10.6. The number of carbonyl (C=O) groups is 1. The maximum absolute atomic E-state index is 13.0. The van der Waals surface area contributed by atoms with Crippen LogP contribution in [-0.2, 0) is 17.8 Å². The Bertz CT molecular complexity index is 1010. The zero-order valence-corrected chi connectivity index (χ0v) is 19.0. The minimum atomic E-state index is -0.310. The van der Waals surface area contributed by atoms with Gasteiger partial charge in [0.25, 0.3) is 0 Å². The fourth-order valence-corrected chi connectivity index (χ4v) is 3.64. The van der Waals surface area contributed by atoms with Crippen LogP contribution in [0.25, 0.3) is 11.0 Å². The summed E-state index contributed by atoms with van der Waals surface area (Å²) < 4.78 is 14.8. The molecule has 0 bridgehead atoms. The molecule has 2 N–H and O–H groups in total. The minimum absolute atomic E-state index is 0.115. The predicted octanol–water partition coefficient (Wildman–Crippen LogP) is 3.89. The lowest BCUT2D eigenvalue weighted by Gasteiger charge is -2.11. The Hall–Kier alpha value is -2.68. The zero-order valence-electron chi connectivity index (χ0n) is 18.2. The average molecular weight is 445 g/mol. The highest BCUT2D eigenvalue weighted by molar-refractivity contribution is 7.99. The summed E-state index contributed by atoms with van der Waals surface area (Å²) in [6.45, 7) is 8.16. The van der Waals surface area contributed by atoms with E-state index in [4.69, 9.17) is 4.98 Å². The van der Waals surface area contributed by atoms with Gasteiger partial charge in [0.2, 0.25) is 5.91 Å². The first-order chi connectivity index (χ1) is 15.0. The fourth-order valence-electron chi connectivity index (χ4n) is 2.94. The molecule has 0 radical (unpaired) electrons. The van der Waals surface area contributed by atoms with E-state index < -0.39 is 0 Å². The van der Waals surface area contributed by atoms with Crippen LogP contribution in [0.1, 0.15) is 32.8 Å². The smallest absolute Gasteiger partial charge is 0.224 e. The molecule has 31 heavy (non-hydrogen) atoms. The van der Waals surface area contributed by atoms with E-state index >= 15 is 0 Å². The number of aromatic nitrogens is 4. The lowest BCUT2D eigenvalue weighted by Crippen LogP contribution is -2.28. The highest BCUT2D eigenvalue weighted by atomic mass is 32.2. The summed E-state index contributed by atoms with van der Waals surface area (Å²) in [6.07, 6.45) is 3.02. The molecule has 0 unspecified atom stereocenters. The van der Waals surface area contributed by atoms with E-state index in [1.807, 2.05) is 0 Å². The van der Waals surface area contributed by atoms with Gasteiger partial charge in [-0.2, -0.15) is 5.10 Å². The monoisotopic (exact) mass is 444 g/mol. The van der Waals surface area contributed by atoms with Crippen molar-refractivity contribution in [2.24, 2.45) is 5.92 Å². The van der Waals surface area contributed by atoms with Crippen molar-refractivity contribution in [3.63, 3.8) is 0 Å². The van der Waals surface area contributed by atoms with Gasteiger partial charge in [0.05, 0.1) is 24.5 Å². The van der Waals surface area contributed by atoms with Crippen molar-refractivity contribution in [1.29, 1.82) is 0 Å². The van der Waals surface area contributed by atoms with Crippen LogP contribution in [-0.4, -0.2) is 44.5 Å². The number of fused-ring (bicyclic) bond motifs is 1. The summed E-state index contributed by atoms with van der Waals surface area (Å²) in [4.78, 5) is 21.6. The molecule has 3 aromatic rings. The van der Waals surface area contributed by atoms with Crippen molar-refractivity contribution in [3.8, 4) is 0 Å². The van der Waals surface area contributed by atoms with Crippen LogP contribution in [0.3, 0.4) is 0 Å². The molecule has 0 aliphatic rings. The van der Waals surface area contributed by atoms with E-state index in [1.54, 1.807) is 34.8 Å². The molecule has 166 valence electrons. The molecule has 1 aromatic carbocycles. The van der Waals surface area contributed by atoms with Gasteiger partial charge in [-0.1, -0.05) is 44.7 Å². The predicted molar refractivity (Wildman–Crippen MR) is 123 cm³/mol. The molecule has 7 nitrogen and oxygen atoms in total. The Kier molecular flexibility index (Phi) is 8.22. The molecule has 9 heteroatoms. The van der Waals surface area contributed by atoms with Crippen LogP contribution in [0.2, 0.25) is 0 Å². The molecule has 0 atom stereocenters. The molecular formula is C22H29FN6OS. The number of nitrogens with one attached hydrogen (secondary N) is 2. The summed E-state index contributed by atoms with van der Waals surface area (Å²) in [5, 5.41) is 12.4. The van der Waals surface area contributed by atoms with Gasteiger partial charge < -0.3 is 10.6 Å². The topological polar surface area (TPSA) is 84.7 Å². The Balaban J connectivity index is 1.67. The van der Waals surface area contributed by atoms with E-state index in [1.165, 1.54) is 12.1 Å². The Labute approximate surface area is 186 Å². The van der Waals surface area contributed by atoms with E-state index in [-0.39, 0.29) is 18.1 Å². The van der Waals surface area contributed by atoms with Crippen molar-refractivity contribution in [1.82, 2.24) is 25.1 Å². The molecule has 0 saturated carbocycles. The second-order valence-electron chi connectivity index (χ2n) is 7.74. The lowest BCUT2D eigenvalue weighted by atomic mass is 10.1. The van der Waals surface area contributed by atoms with Crippen LogP contribution in [0.5, 0.6) is 0 Å². The molecule has 0 aliphatic carbocycles. The quantitative estimate of drug-likeness (QED) is 0.345. The van der Waals surface area contributed by atoms with Gasteiger partial charge in [-0.05, 0) is 30.0 Å². The number of nitrogens with zero attached hydrogens (tertiary/aromatic N) is 4. The molecule has 3 rings (SSSR count). The highest BCUT2D eigenvalue weighted by Crippen LogP contribution is 2.25. The van der Waals surface area contributed by atoms with Gasteiger partial charge >= 0.3 is 0 Å². The van der Waals surface area contributed by atoms with Crippen molar-refractivity contribution < 1.29 is 9.18 Å². The van der Waals surface area contributed by atoms with Crippen molar-refractivity contribution in [2.75, 3.05) is 24.2 Å². The average Bonchev–Trinajstić information content (AvgIpc) is 3.15. The normalized spacial score (nSPS) is 11.3. The van der Waals surface area contributed by atoms with Gasteiger partial charge in [-0.3, -0.25) is 4.79 Å². The van der Waals surface area contributed by atoms with Gasteiger partial charge in [-0.15, -0.1) is 0 Å². The van der Waals surface area contributed by atoms with Crippen LogP contribution in [0.15, 0.2) is 35.6 Å². The van der Waals surface area contributed by atoms with Gasteiger partial charge in [-0.25, -0.2) is 19.0 Å². The maximum atomic E-state index is 13.0.